The molecule has 0 bridgehead atoms. The Labute approximate surface area is 91.3 Å². The van der Waals surface area contributed by atoms with E-state index in [1.165, 1.54) is 6.20 Å². The van der Waals surface area contributed by atoms with Gasteiger partial charge in [-0.25, -0.2) is 0 Å². The van der Waals surface area contributed by atoms with Crippen molar-refractivity contribution in [2.45, 2.75) is 19.4 Å². The van der Waals surface area contributed by atoms with Gasteiger partial charge in [-0.1, -0.05) is 10.3 Å². The Morgan fingerprint density at radius 3 is 3.00 bits per heavy atom. The number of carbonyl (C=O) groups excluding carboxylic acids is 1. The lowest BCUT2D eigenvalue weighted by atomic mass is 10.1. The first-order valence-corrected chi connectivity index (χ1v) is 4.85. The molecule has 0 unspecified atom stereocenters. The van der Waals surface area contributed by atoms with Gasteiger partial charge in [0.05, 0.1) is 12.7 Å². The Hall–Kier alpha value is -2.05. The van der Waals surface area contributed by atoms with Gasteiger partial charge in [0.1, 0.15) is 5.41 Å². The molecule has 0 radical (unpaired) electrons. The number of nitrogens with one attached hydrogen (secondary N) is 1. The Kier molecular flexibility index (Phi) is 2.51. The molecule has 7 nitrogen and oxygen atoms in total. The quantitative estimate of drug-likeness (QED) is 0.284. The lowest BCUT2D eigenvalue weighted by Gasteiger charge is -2.12. The van der Waals surface area contributed by atoms with Crippen molar-refractivity contribution in [1.82, 2.24) is 10.5 Å². The molecular weight excluding hydrogens is 212 g/mol. The highest BCUT2D eigenvalue weighted by Gasteiger charge is 2.54. The van der Waals surface area contributed by atoms with Crippen LogP contribution in [0.25, 0.3) is 0 Å². The third-order valence-electron chi connectivity index (χ3n) is 2.70. The average molecular weight is 224 g/mol. The fourth-order valence-electron chi connectivity index (χ4n) is 1.49. The minimum Gasteiger partial charge on any atom is -0.409 e. The van der Waals surface area contributed by atoms with Crippen LogP contribution in [0.5, 0.6) is 0 Å². The van der Waals surface area contributed by atoms with Crippen molar-refractivity contribution < 1.29 is 14.5 Å². The lowest BCUT2D eigenvalue weighted by Crippen LogP contribution is -2.40. The van der Waals surface area contributed by atoms with E-state index in [2.05, 4.69) is 15.6 Å². The zero-order valence-corrected chi connectivity index (χ0v) is 8.51. The molecular formula is C9H12N4O3. The highest BCUT2D eigenvalue weighted by atomic mass is 16.5. The highest BCUT2D eigenvalue weighted by Crippen LogP contribution is 2.46. The molecule has 16 heavy (non-hydrogen) atoms. The highest BCUT2D eigenvalue weighted by molar-refractivity contribution is 6.09. The second kappa shape index (κ2) is 3.84. The van der Waals surface area contributed by atoms with Gasteiger partial charge in [0.25, 0.3) is 0 Å². The Morgan fingerprint density at radius 1 is 1.75 bits per heavy atom. The van der Waals surface area contributed by atoms with Gasteiger partial charge < -0.3 is 20.8 Å². The van der Waals surface area contributed by atoms with Crippen molar-refractivity contribution in [2.75, 3.05) is 0 Å². The van der Waals surface area contributed by atoms with Crippen LogP contribution in [-0.2, 0) is 11.3 Å². The number of amides is 1. The molecule has 1 fully saturated rings. The minimum absolute atomic E-state index is 0.0393. The zero-order chi connectivity index (χ0) is 11.6. The third-order valence-corrected chi connectivity index (χ3v) is 2.70. The van der Waals surface area contributed by atoms with Gasteiger partial charge in [0.2, 0.25) is 5.91 Å². The van der Waals surface area contributed by atoms with E-state index in [4.69, 9.17) is 15.5 Å². The summed E-state index contributed by atoms with van der Waals surface area (Å²) in [5.74, 6) is 0.269. The molecule has 0 saturated heterocycles. The molecule has 7 heteroatoms. The molecule has 0 atom stereocenters. The van der Waals surface area contributed by atoms with E-state index in [0.717, 1.165) is 0 Å². The summed E-state index contributed by atoms with van der Waals surface area (Å²) in [6, 6.07) is 1.66. The molecule has 1 aliphatic rings. The number of oxime groups is 1. The van der Waals surface area contributed by atoms with Gasteiger partial charge in [-0.2, -0.15) is 0 Å². The molecule has 1 aromatic rings. The zero-order valence-electron chi connectivity index (χ0n) is 8.51. The smallest absolute Gasteiger partial charge is 0.234 e. The monoisotopic (exact) mass is 224 g/mol. The molecule has 1 aromatic heterocycles. The number of carbonyl (C=O) groups is 1. The minimum atomic E-state index is -0.825. The average Bonchev–Trinajstić information content (AvgIpc) is 2.95. The number of aromatic nitrogens is 1. The molecule has 1 saturated carbocycles. The standard InChI is InChI=1S/C9H12N4O3/c10-7(13-15)9(2-3-9)8(14)11-5-6-1-4-12-16-6/h1,4,15H,2-3,5H2,(H2,10,13)(H,11,14). The van der Waals surface area contributed by atoms with Gasteiger partial charge in [-0.05, 0) is 12.8 Å². The summed E-state index contributed by atoms with van der Waals surface area (Å²) in [6.45, 7) is 0.249. The van der Waals surface area contributed by atoms with Crippen LogP contribution >= 0.6 is 0 Å². The summed E-state index contributed by atoms with van der Waals surface area (Å²) < 4.78 is 4.83. The molecule has 1 heterocycles. The van der Waals surface area contributed by atoms with E-state index in [1.54, 1.807) is 6.07 Å². The number of hydrogen-bond acceptors (Lipinski definition) is 5. The van der Waals surface area contributed by atoms with Crippen LogP contribution in [0, 0.1) is 5.41 Å². The molecule has 86 valence electrons. The normalized spacial score (nSPS) is 18.1. The van der Waals surface area contributed by atoms with E-state index in [1.807, 2.05) is 0 Å². The molecule has 0 aromatic carbocycles. The molecule has 4 N–H and O–H groups in total. The van der Waals surface area contributed by atoms with Crippen molar-refractivity contribution in [3.05, 3.63) is 18.0 Å². The molecule has 1 aliphatic carbocycles. The summed E-state index contributed by atoms with van der Waals surface area (Å²) in [4.78, 5) is 11.8. The maximum atomic E-state index is 11.8. The van der Waals surface area contributed by atoms with E-state index in [-0.39, 0.29) is 18.3 Å². The van der Waals surface area contributed by atoms with Gasteiger partial charge in [-0.3, -0.25) is 4.79 Å². The Balaban J connectivity index is 1.94. The summed E-state index contributed by atoms with van der Waals surface area (Å²) in [5, 5.41) is 17.6. The predicted octanol–water partition coefficient (Wildman–Crippen LogP) is -0.183. The van der Waals surface area contributed by atoms with Crippen LogP contribution in [0.15, 0.2) is 21.9 Å². The second-order valence-corrected chi connectivity index (χ2v) is 3.73. The maximum Gasteiger partial charge on any atom is 0.234 e. The van der Waals surface area contributed by atoms with Crippen LogP contribution in [0.3, 0.4) is 0 Å². The summed E-state index contributed by atoms with van der Waals surface area (Å²) in [5.41, 5.74) is 4.64. The molecule has 2 rings (SSSR count). The molecule has 0 aliphatic heterocycles. The fourth-order valence-corrected chi connectivity index (χ4v) is 1.49. The maximum absolute atomic E-state index is 11.8. The summed E-state index contributed by atoms with van der Waals surface area (Å²) in [7, 11) is 0. The van der Waals surface area contributed by atoms with Gasteiger partial charge >= 0.3 is 0 Å². The van der Waals surface area contributed by atoms with Gasteiger partial charge in [0.15, 0.2) is 11.6 Å². The number of hydrogen-bond donors (Lipinski definition) is 3. The van der Waals surface area contributed by atoms with Crippen LogP contribution in [0.2, 0.25) is 0 Å². The lowest BCUT2D eigenvalue weighted by molar-refractivity contribution is -0.124. The number of nitrogens with two attached hydrogens (primary N) is 1. The SMILES string of the molecule is NC(=NO)C1(C(=O)NCc2ccno2)CC1. The van der Waals surface area contributed by atoms with Crippen molar-refractivity contribution >= 4 is 11.7 Å². The van der Waals surface area contributed by atoms with E-state index >= 15 is 0 Å². The Morgan fingerprint density at radius 2 is 2.50 bits per heavy atom. The van der Waals surface area contributed by atoms with Crippen LogP contribution in [0.1, 0.15) is 18.6 Å². The third kappa shape index (κ3) is 1.71. The van der Waals surface area contributed by atoms with Crippen molar-refractivity contribution in [3.63, 3.8) is 0 Å². The van der Waals surface area contributed by atoms with Gasteiger partial charge in [-0.15, -0.1) is 0 Å². The van der Waals surface area contributed by atoms with E-state index in [9.17, 15) is 4.79 Å². The van der Waals surface area contributed by atoms with E-state index < -0.39 is 5.41 Å². The topological polar surface area (TPSA) is 114 Å². The summed E-state index contributed by atoms with van der Waals surface area (Å²) in [6.07, 6.45) is 2.70. The van der Waals surface area contributed by atoms with Crippen LogP contribution in [-0.4, -0.2) is 22.1 Å². The first-order valence-electron chi connectivity index (χ1n) is 4.85. The molecule has 1 amide bonds. The first kappa shape index (κ1) is 10.5. The Bertz CT molecular complexity index is 408. The fraction of sp³-hybridized carbons (Fsp3) is 0.444. The largest absolute Gasteiger partial charge is 0.409 e. The van der Waals surface area contributed by atoms with E-state index in [0.29, 0.717) is 18.6 Å². The van der Waals surface area contributed by atoms with Crippen LogP contribution < -0.4 is 11.1 Å². The first-order chi connectivity index (χ1) is 7.69. The number of nitrogens with zero attached hydrogens (tertiary/aromatic N) is 2. The second-order valence-electron chi connectivity index (χ2n) is 3.73. The predicted molar refractivity (Wildman–Crippen MR) is 53.4 cm³/mol. The van der Waals surface area contributed by atoms with Gasteiger partial charge in [0, 0.05) is 6.07 Å². The van der Waals surface area contributed by atoms with Crippen molar-refractivity contribution in [3.8, 4) is 0 Å². The molecule has 0 spiro atoms. The van der Waals surface area contributed by atoms with Crippen LogP contribution in [0.4, 0.5) is 0 Å². The number of rotatable bonds is 4. The summed E-state index contributed by atoms with van der Waals surface area (Å²) >= 11 is 0. The van der Waals surface area contributed by atoms with Crippen molar-refractivity contribution in [2.24, 2.45) is 16.3 Å². The number of amidine groups is 1. The van der Waals surface area contributed by atoms with Crippen molar-refractivity contribution in [1.29, 1.82) is 0 Å².